The lowest BCUT2D eigenvalue weighted by molar-refractivity contribution is -0.114. The van der Waals surface area contributed by atoms with E-state index >= 15 is 0 Å². The molecule has 6 nitrogen and oxygen atoms in total. The summed E-state index contributed by atoms with van der Waals surface area (Å²) in [5.41, 5.74) is 5.55. The topological polar surface area (TPSA) is 77.2 Å². The van der Waals surface area contributed by atoms with Crippen LogP contribution in [0.15, 0.2) is 79.0 Å². The van der Waals surface area contributed by atoms with E-state index in [1.807, 2.05) is 32.4 Å². The highest BCUT2D eigenvalue weighted by Crippen LogP contribution is 2.31. The summed E-state index contributed by atoms with van der Waals surface area (Å²) in [5, 5.41) is 6.95. The zero-order valence-corrected chi connectivity index (χ0v) is 19.1. The molecule has 1 aromatic heterocycles. The second-order valence-corrected chi connectivity index (χ2v) is 8.30. The van der Waals surface area contributed by atoms with Crippen molar-refractivity contribution in [2.24, 2.45) is 0 Å². The van der Waals surface area contributed by atoms with Gasteiger partial charge in [0.15, 0.2) is 0 Å². The summed E-state index contributed by atoms with van der Waals surface area (Å²) < 4.78 is 0. The number of aromatic nitrogens is 1. The van der Waals surface area contributed by atoms with Crippen molar-refractivity contribution < 1.29 is 9.59 Å². The SMILES string of the molecule is CC(=O)Nc1cccc(C(=O)NCC(c2ccc(N(C)C)cc2)c2c[nH]c3ccccc23)c1. The summed E-state index contributed by atoms with van der Waals surface area (Å²) in [4.78, 5) is 29.7. The number of nitrogens with one attached hydrogen (secondary N) is 3. The largest absolute Gasteiger partial charge is 0.378 e. The Morgan fingerprint density at radius 3 is 2.45 bits per heavy atom. The van der Waals surface area contributed by atoms with Crippen LogP contribution in [-0.4, -0.2) is 37.4 Å². The molecule has 0 radical (unpaired) electrons. The maximum Gasteiger partial charge on any atom is 0.251 e. The average Bonchev–Trinajstić information content (AvgIpc) is 3.23. The van der Waals surface area contributed by atoms with Crippen LogP contribution in [0, 0.1) is 0 Å². The van der Waals surface area contributed by atoms with Crippen LogP contribution in [-0.2, 0) is 4.79 Å². The van der Waals surface area contributed by atoms with Crippen LogP contribution in [0.5, 0.6) is 0 Å². The maximum absolute atomic E-state index is 13.0. The molecule has 0 bridgehead atoms. The van der Waals surface area contributed by atoms with Crippen molar-refractivity contribution in [2.45, 2.75) is 12.8 Å². The van der Waals surface area contributed by atoms with Crippen molar-refractivity contribution in [1.29, 1.82) is 0 Å². The van der Waals surface area contributed by atoms with Crippen LogP contribution < -0.4 is 15.5 Å². The lowest BCUT2D eigenvalue weighted by Gasteiger charge is -2.20. The van der Waals surface area contributed by atoms with Crippen molar-refractivity contribution in [3.8, 4) is 0 Å². The first-order valence-electron chi connectivity index (χ1n) is 10.9. The first-order chi connectivity index (χ1) is 15.9. The predicted molar refractivity (Wildman–Crippen MR) is 134 cm³/mol. The minimum atomic E-state index is -0.183. The molecule has 0 aliphatic heterocycles. The Bertz CT molecular complexity index is 1270. The van der Waals surface area contributed by atoms with E-state index in [-0.39, 0.29) is 17.7 Å². The Morgan fingerprint density at radius 1 is 0.970 bits per heavy atom. The van der Waals surface area contributed by atoms with Crippen molar-refractivity contribution in [3.05, 3.63) is 95.7 Å². The summed E-state index contributed by atoms with van der Waals surface area (Å²) in [5.74, 6) is -0.384. The number of benzene rings is 3. The fourth-order valence-corrected chi connectivity index (χ4v) is 4.03. The fraction of sp³-hybridized carbons (Fsp3) is 0.185. The van der Waals surface area contributed by atoms with Gasteiger partial charge >= 0.3 is 0 Å². The number of hydrogen-bond donors (Lipinski definition) is 3. The molecule has 6 heteroatoms. The first-order valence-corrected chi connectivity index (χ1v) is 10.9. The third-order valence-electron chi connectivity index (χ3n) is 5.72. The lowest BCUT2D eigenvalue weighted by Crippen LogP contribution is -2.29. The molecule has 0 fully saturated rings. The zero-order valence-electron chi connectivity index (χ0n) is 19.1. The van der Waals surface area contributed by atoms with Gasteiger partial charge in [-0.15, -0.1) is 0 Å². The van der Waals surface area contributed by atoms with Crippen LogP contribution in [0.2, 0.25) is 0 Å². The van der Waals surface area contributed by atoms with Gasteiger partial charge in [0.25, 0.3) is 5.91 Å². The van der Waals surface area contributed by atoms with Gasteiger partial charge in [-0.25, -0.2) is 0 Å². The number of rotatable bonds is 7. The molecule has 3 aromatic carbocycles. The number of fused-ring (bicyclic) bond motifs is 1. The minimum absolute atomic E-state index is 0.0279. The predicted octanol–water partition coefficient (Wildman–Crippen LogP) is 4.75. The van der Waals surface area contributed by atoms with Gasteiger partial charge in [-0.2, -0.15) is 0 Å². The third-order valence-corrected chi connectivity index (χ3v) is 5.72. The van der Waals surface area contributed by atoms with Gasteiger partial charge in [0, 0.05) is 67.5 Å². The number of amides is 2. The number of para-hydroxylation sites is 1. The van der Waals surface area contributed by atoms with Gasteiger partial charge < -0.3 is 20.5 Å². The number of aromatic amines is 1. The van der Waals surface area contributed by atoms with Crippen molar-refractivity contribution in [3.63, 3.8) is 0 Å². The van der Waals surface area contributed by atoms with Gasteiger partial charge in [-0.1, -0.05) is 36.4 Å². The smallest absolute Gasteiger partial charge is 0.251 e. The van der Waals surface area contributed by atoms with E-state index in [9.17, 15) is 9.59 Å². The summed E-state index contributed by atoms with van der Waals surface area (Å²) in [6, 6.07) is 23.6. The molecule has 0 spiro atoms. The van der Waals surface area contributed by atoms with Crippen LogP contribution in [0.25, 0.3) is 10.9 Å². The molecular formula is C27H28N4O2. The summed E-state index contributed by atoms with van der Waals surface area (Å²) in [6.45, 7) is 1.88. The normalized spacial score (nSPS) is 11.7. The maximum atomic E-state index is 13.0. The molecule has 1 atom stereocenters. The van der Waals surface area contributed by atoms with E-state index in [1.165, 1.54) is 6.92 Å². The quantitative estimate of drug-likeness (QED) is 0.388. The first kappa shape index (κ1) is 22.1. The fourth-order valence-electron chi connectivity index (χ4n) is 4.03. The molecule has 4 rings (SSSR count). The average molecular weight is 441 g/mol. The van der Waals surface area contributed by atoms with E-state index in [2.05, 4.69) is 56.9 Å². The molecule has 0 aliphatic carbocycles. The Morgan fingerprint density at radius 2 is 1.73 bits per heavy atom. The molecule has 2 amide bonds. The summed E-state index contributed by atoms with van der Waals surface area (Å²) >= 11 is 0. The highest BCUT2D eigenvalue weighted by Gasteiger charge is 2.20. The van der Waals surface area contributed by atoms with Gasteiger partial charge in [-0.3, -0.25) is 9.59 Å². The van der Waals surface area contributed by atoms with Crippen LogP contribution in [0.1, 0.15) is 34.3 Å². The van der Waals surface area contributed by atoms with Crippen molar-refractivity contribution in [1.82, 2.24) is 10.3 Å². The summed E-state index contributed by atoms with van der Waals surface area (Å²) in [6.07, 6.45) is 2.03. The second kappa shape index (κ2) is 9.61. The van der Waals surface area contributed by atoms with E-state index in [4.69, 9.17) is 0 Å². The van der Waals surface area contributed by atoms with Crippen LogP contribution in [0.4, 0.5) is 11.4 Å². The Kier molecular flexibility index (Phi) is 6.45. The van der Waals surface area contributed by atoms with E-state index in [1.54, 1.807) is 24.3 Å². The van der Waals surface area contributed by atoms with Gasteiger partial charge in [0.2, 0.25) is 5.91 Å². The minimum Gasteiger partial charge on any atom is -0.378 e. The third kappa shape index (κ3) is 5.06. The molecule has 4 aromatic rings. The number of carbonyl (C=O) groups excluding carboxylic acids is 2. The Hall–Kier alpha value is -4.06. The monoisotopic (exact) mass is 440 g/mol. The molecule has 1 unspecified atom stereocenters. The highest BCUT2D eigenvalue weighted by atomic mass is 16.2. The Labute approximate surface area is 193 Å². The van der Waals surface area contributed by atoms with Crippen molar-refractivity contribution >= 4 is 34.1 Å². The Balaban J connectivity index is 1.61. The van der Waals surface area contributed by atoms with E-state index < -0.39 is 0 Å². The standard InChI is InChI=1S/C27H28N4O2/c1-18(32)30-21-8-6-7-20(15-21)27(33)29-16-24(19-11-13-22(14-12-19)31(2)3)25-17-28-26-10-5-4-9-23(25)26/h4-15,17,24,28H,16H2,1-3H3,(H,29,33)(H,30,32). The molecule has 0 saturated heterocycles. The second-order valence-electron chi connectivity index (χ2n) is 8.30. The zero-order chi connectivity index (χ0) is 23.4. The van der Waals surface area contributed by atoms with Crippen LogP contribution in [0.3, 0.4) is 0 Å². The molecule has 1 heterocycles. The van der Waals surface area contributed by atoms with Gasteiger partial charge in [0.05, 0.1) is 0 Å². The highest BCUT2D eigenvalue weighted by molar-refractivity contribution is 5.97. The molecule has 0 aliphatic rings. The van der Waals surface area contributed by atoms with Gasteiger partial charge in [0.1, 0.15) is 0 Å². The number of nitrogens with zero attached hydrogens (tertiary/aromatic N) is 1. The molecule has 168 valence electrons. The number of H-pyrrole nitrogens is 1. The molecule has 3 N–H and O–H groups in total. The van der Waals surface area contributed by atoms with Gasteiger partial charge in [-0.05, 0) is 47.5 Å². The van der Waals surface area contributed by atoms with Crippen molar-refractivity contribution in [2.75, 3.05) is 30.9 Å². The van der Waals surface area contributed by atoms with E-state index in [0.717, 1.165) is 27.7 Å². The lowest BCUT2D eigenvalue weighted by atomic mass is 9.90. The summed E-state index contributed by atoms with van der Waals surface area (Å²) in [7, 11) is 4.03. The van der Waals surface area contributed by atoms with Crippen LogP contribution >= 0.6 is 0 Å². The number of anilines is 2. The molecule has 33 heavy (non-hydrogen) atoms. The number of hydrogen-bond acceptors (Lipinski definition) is 3. The molecule has 0 saturated carbocycles. The number of carbonyl (C=O) groups is 2. The molecular weight excluding hydrogens is 412 g/mol. The van der Waals surface area contributed by atoms with E-state index in [0.29, 0.717) is 17.8 Å².